The Morgan fingerprint density at radius 1 is 0.648 bits per heavy atom. The van der Waals surface area contributed by atoms with Crippen molar-refractivity contribution in [2.75, 3.05) is 40.9 Å². The second-order valence-corrected chi connectivity index (χ2v) is 17.5. The molecule has 1 amide bonds. The van der Waals surface area contributed by atoms with Gasteiger partial charge in [0.05, 0.1) is 39.9 Å². The molecule has 0 heterocycles. The standard InChI is InChI=1S/C45H85N2O6P/c1-6-8-10-11-12-13-14-15-16-17-18-19-20-21-22-23-24-25-26-27-28-29-30-31-32-33-34-35-37-39-45(49)46-43(44(48)38-36-9-7-2)42-53-54(50,51)52-41-40-47(3,4)5/h14-15,17-18,20-21,36,38,43-44,48H,6-13,16,19,22-35,37,39-42H2,1-5H3,(H-,46,49,50,51)/b15-14-,18-17-,21-20-,38-36+. The Kier molecular flexibility index (Phi) is 36.0. The highest BCUT2D eigenvalue weighted by Crippen LogP contribution is 2.38. The number of aliphatic hydroxyl groups is 1. The number of aliphatic hydroxyl groups excluding tert-OH is 1. The predicted molar refractivity (Wildman–Crippen MR) is 228 cm³/mol. The number of unbranched alkanes of at least 4 members (excludes halogenated alkanes) is 20. The van der Waals surface area contributed by atoms with Crippen LogP contribution < -0.4 is 10.2 Å². The van der Waals surface area contributed by atoms with Gasteiger partial charge in [-0.25, -0.2) is 0 Å². The van der Waals surface area contributed by atoms with E-state index in [1.54, 1.807) is 6.08 Å². The number of rotatable bonds is 39. The third-order valence-corrected chi connectivity index (χ3v) is 10.5. The number of phosphoric ester groups is 1. The van der Waals surface area contributed by atoms with E-state index in [1.807, 2.05) is 34.1 Å². The summed E-state index contributed by atoms with van der Waals surface area (Å²) in [6.45, 7) is 4.40. The van der Waals surface area contributed by atoms with Gasteiger partial charge in [0.15, 0.2) is 0 Å². The van der Waals surface area contributed by atoms with Gasteiger partial charge in [-0.3, -0.25) is 9.36 Å². The molecular weight excluding hydrogens is 695 g/mol. The van der Waals surface area contributed by atoms with Crippen molar-refractivity contribution in [1.29, 1.82) is 0 Å². The Morgan fingerprint density at radius 3 is 1.59 bits per heavy atom. The zero-order chi connectivity index (χ0) is 40.0. The van der Waals surface area contributed by atoms with E-state index in [4.69, 9.17) is 9.05 Å². The molecule has 0 fully saturated rings. The van der Waals surface area contributed by atoms with Crippen LogP contribution in [0.25, 0.3) is 0 Å². The van der Waals surface area contributed by atoms with Crippen LogP contribution in [0.2, 0.25) is 0 Å². The molecule has 0 spiro atoms. The van der Waals surface area contributed by atoms with Gasteiger partial charge >= 0.3 is 0 Å². The third kappa shape index (κ3) is 38.7. The molecule has 0 aromatic heterocycles. The van der Waals surface area contributed by atoms with Gasteiger partial charge in [-0.1, -0.05) is 172 Å². The van der Waals surface area contributed by atoms with Crippen molar-refractivity contribution in [3.63, 3.8) is 0 Å². The van der Waals surface area contributed by atoms with E-state index >= 15 is 0 Å². The normalized spacial score (nSPS) is 14.9. The van der Waals surface area contributed by atoms with Crippen molar-refractivity contribution in [1.82, 2.24) is 5.32 Å². The predicted octanol–water partition coefficient (Wildman–Crippen LogP) is 11.4. The molecule has 0 aromatic carbocycles. The molecule has 0 aliphatic carbocycles. The van der Waals surface area contributed by atoms with E-state index in [9.17, 15) is 19.4 Å². The van der Waals surface area contributed by atoms with Crippen LogP contribution >= 0.6 is 7.82 Å². The Hall–Kier alpha value is -1.54. The van der Waals surface area contributed by atoms with Gasteiger partial charge in [-0.2, -0.15) is 0 Å². The summed E-state index contributed by atoms with van der Waals surface area (Å²) in [6.07, 6.45) is 46.9. The summed E-state index contributed by atoms with van der Waals surface area (Å²) in [5.74, 6) is -0.212. The highest BCUT2D eigenvalue weighted by molar-refractivity contribution is 7.45. The van der Waals surface area contributed by atoms with Crippen molar-refractivity contribution < 1.29 is 32.9 Å². The van der Waals surface area contributed by atoms with Crippen molar-refractivity contribution in [3.05, 3.63) is 48.6 Å². The molecule has 0 saturated heterocycles. The number of carbonyl (C=O) groups excluding carboxylic acids is 1. The second kappa shape index (κ2) is 37.1. The zero-order valence-corrected chi connectivity index (χ0v) is 36.6. The van der Waals surface area contributed by atoms with Crippen LogP contribution in [0.5, 0.6) is 0 Å². The van der Waals surface area contributed by atoms with Gasteiger partial charge in [-0.05, 0) is 51.4 Å². The monoisotopic (exact) mass is 781 g/mol. The topological polar surface area (TPSA) is 108 Å². The maximum absolute atomic E-state index is 12.7. The minimum atomic E-state index is -4.56. The summed E-state index contributed by atoms with van der Waals surface area (Å²) in [5, 5.41) is 13.4. The number of nitrogens with one attached hydrogen (secondary N) is 1. The van der Waals surface area contributed by atoms with Crippen LogP contribution in [0, 0.1) is 0 Å². The molecule has 9 heteroatoms. The molecular formula is C45H85N2O6P. The van der Waals surface area contributed by atoms with Crippen molar-refractivity contribution in [2.24, 2.45) is 0 Å². The summed E-state index contributed by atoms with van der Waals surface area (Å²) in [6, 6.07) is -0.882. The lowest BCUT2D eigenvalue weighted by atomic mass is 10.0. The van der Waals surface area contributed by atoms with Gasteiger partial charge in [0.25, 0.3) is 7.82 Å². The number of hydrogen-bond donors (Lipinski definition) is 2. The summed E-state index contributed by atoms with van der Waals surface area (Å²) >= 11 is 0. The maximum atomic E-state index is 12.7. The fraction of sp³-hybridized carbons (Fsp3) is 0.800. The Labute approximate surface area is 333 Å². The van der Waals surface area contributed by atoms with Gasteiger partial charge in [0.1, 0.15) is 13.2 Å². The molecule has 0 aliphatic rings. The van der Waals surface area contributed by atoms with Crippen LogP contribution in [0.4, 0.5) is 0 Å². The molecule has 0 aliphatic heterocycles. The van der Waals surface area contributed by atoms with Gasteiger partial charge < -0.3 is 28.8 Å². The average Bonchev–Trinajstić information content (AvgIpc) is 3.12. The number of carbonyl (C=O) groups is 1. The molecule has 0 aromatic rings. The Morgan fingerprint density at radius 2 is 1.11 bits per heavy atom. The number of allylic oxidation sites excluding steroid dienone is 7. The van der Waals surface area contributed by atoms with E-state index < -0.39 is 20.0 Å². The van der Waals surface area contributed by atoms with Crippen molar-refractivity contribution in [2.45, 2.75) is 193 Å². The van der Waals surface area contributed by atoms with Crippen LogP contribution in [0.15, 0.2) is 48.6 Å². The molecule has 316 valence electrons. The average molecular weight is 781 g/mol. The summed E-state index contributed by atoms with van der Waals surface area (Å²) < 4.78 is 22.8. The Bertz CT molecular complexity index is 1020. The van der Waals surface area contributed by atoms with E-state index in [0.29, 0.717) is 17.4 Å². The lowest BCUT2D eigenvalue weighted by Gasteiger charge is -2.29. The molecule has 54 heavy (non-hydrogen) atoms. The molecule has 8 nitrogen and oxygen atoms in total. The first-order valence-electron chi connectivity index (χ1n) is 22.0. The third-order valence-electron chi connectivity index (χ3n) is 9.51. The van der Waals surface area contributed by atoms with E-state index in [1.165, 1.54) is 116 Å². The largest absolute Gasteiger partial charge is 0.756 e. The maximum Gasteiger partial charge on any atom is 0.268 e. The molecule has 3 unspecified atom stereocenters. The minimum absolute atomic E-state index is 0.00385. The molecule has 0 saturated carbocycles. The Balaban J connectivity index is 3.84. The fourth-order valence-corrected chi connectivity index (χ4v) is 6.71. The lowest BCUT2D eigenvalue weighted by Crippen LogP contribution is -2.45. The fourth-order valence-electron chi connectivity index (χ4n) is 5.99. The smallest absolute Gasteiger partial charge is 0.268 e. The minimum Gasteiger partial charge on any atom is -0.756 e. The number of amides is 1. The molecule has 3 atom stereocenters. The highest BCUT2D eigenvalue weighted by Gasteiger charge is 2.23. The van der Waals surface area contributed by atoms with Gasteiger partial charge in [-0.15, -0.1) is 0 Å². The number of likely N-dealkylation sites (N-methyl/N-ethyl adjacent to an activating group) is 1. The quantitative estimate of drug-likeness (QED) is 0.0278. The molecule has 0 bridgehead atoms. The van der Waals surface area contributed by atoms with E-state index in [2.05, 4.69) is 48.7 Å². The molecule has 0 rings (SSSR count). The van der Waals surface area contributed by atoms with Crippen molar-refractivity contribution in [3.8, 4) is 0 Å². The summed E-state index contributed by atoms with van der Waals surface area (Å²) in [7, 11) is 1.25. The van der Waals surface area contributed by atoms with E-state index in [-0.39, 0.29) is 19.1 Å². The lowest BCUT2D eigenvalue weighted by molar-refractivity contribution is -0.870. The van der Waals surface area contributed by atoms with Crippen LogP contribution in [-0.4, -0.2) is 68.5 Å². The zero-order valence-electron chi connectivity index (χ0n) is 35.7. The number of nitrogens with zero attached hydrogens (tertiary/aromatic N) is 1. The second-order valence-electron chi connectivity index (χ2n) is 16.0. The number of hydrogen-bond acceptors (Lipinski definition) is 6. The molecule has 2 N–H and O–H groups in total. The number of quaternary nitrogens is 1. The summed E-state index contributed by atoms with van der Waals surface area (Å²) in [5.41, 5.74) is 0. The van der Waals surface area contributed by atoms with E-state index in [0.717, 1.165) is 44.9 Å². The van der Waals surface area contributed by atoms with Crippen LogP contribution in [0.3, 0.4) is 0 Å². The number of phosphoric acid groups is 1. The first-order chi connectivity index (χ1) is 26.0. The van der Waals surface area contributed by atoms with Crippen LogP contribution in [0.1, 0.15) is 181 Å². The first kappa shape index (κ1) is 52.5. The molecule has 0 radical (unpaired) electrons. The van der Waals surface area contributed by atoms with Crippen LogP contribution in [-0.2, 0) is 18.4 Å². The van der Waals surface area contributed by atoms with Crippen molar-refractivity contribution >= 4 is 13.7 Å². The highest BCUT2D eigenvalue weighted by atomic mass is 31.2. The summed E-state index contributed by atoms with van der Waals surface area (Å²) in [4.78, 5) is 24.9. The SMILES string of the molecule is CCC/C=C/C(O)C(COP(=O)([O-])OCC[N+](C)(C)C)NC(=O)CCCCCCCCCCCCCCCC/C=C\C/C=C\C/C=C\CCCCCCC. The first-order valence-corrected chi connectivity index (χ1v) is 23.5. The van der Waals surface area contributed by atoms with Gasteiger partial charge in [0, 0.05) is 6.42 Å². The van der Waals surface area contributed by atoms with Gasteiger partial charge in [0.2, 0.25) is 5.91 Å².